The van der Waals surface area contributed by atoms with Crippen LogP contribution in [0.5, 0.6) is 0 Å². The lowest BCUT2D eigenvalue weighted by Gasteiger charge is -2.31. The van der Waals surface area contributed by atoms with E-state index in [4.69, 9.17) is 7.85 Å². The van der Waals surface area contributed by atoms with Gasteiger partial charge in [0.25, 0.3) is 0 Å². The summed E-state index contributed by atoms with van der Waals surface area (Å²) in [7, 11) is 9.13. The predicted octanol–water partition coefficient (Wildman–Crippen LogP) is 4.00. The Hall–Kier alpha value is -1.06. The molecule has 0 saturated carbocycles. The van der Waals surface area contributed by atoms with Crippen molar-refractivity contribution in [1.82, 2.24) is 0 Å². The van der Waals surface area contributed by atoms with Gasteiger partial charge in [0.15, 0.2) is 5.78 Å². The summed E-state index contributed by atoms with van der Waals surface area (Å²) in [6.07, 6.45) is 5.29. The molecule has 1 aliphatic rings. The van der Waals surface area contributed by atoms with Crippen LogP contribution in [0.2, 0.25) is 0 Å². The molecule has 3 heteroatoms. The molecule has 0 fully saturated rings. The molecule has 3 atom stereocenters. The normalized spacial score (nSPS) is 25.0. The highest BCUT2D eigenvalue weighted by atomic mass is 31.0. The number of hydrogen-bond donors (Lipinski definition) is 0. The van der Waals surface area contributed by atoms with Crippen molar-refractivity contribution in [1.29, 1.82) is 0 Å². The van der Waals surface area contributed by atoms with Crippen LogP contribution in [0, 0.1) is 23.7 Å². The van der Waals surface area contributed by atoms with E-state index in [-0.39, 0.29) is 11.7 Å². The van der Waals surface area contributed by atoms with Gasteiger partial charge in [-0.15, -0.1) is 21.1 Å². The van der Waals surface area contributed by atoms with Crippen LogP contribution >= 0.6 is 9.24 Å². The van der Waals surface area contributed by atoms with Gasteiger partial charge in [-0.1, -0.05) is 44.5 Å². The van der Waals surface area contributed by atoms with Crippen molar-refractivity contribution < 1.29 is 4.79 Å². The largest absolute Gasteiger partial charge is 0.294 e. The first kappa shape index (κ1) is 17.3. The van der Waals surface area contributed by atoms with E-state index in [2.05, 4.69) is 33.2 Å². The van der Waals surface area contributed by atoms with Crippen LogP contribution in [0.1, 0.15) is 55.5 Å². The SMILES string of the molecule is [B]C1(P)C#CCCCCC1Cc1ccc(C(=O)C(C)C)cc1. The van der Waals surface area contributed by atoms with E-state index in [1.807, 2.05) is 26.0 Å². The summed E-state index contributed by atoms with van der Waals surface area (Å²) in [5.41, 5.74) is 2.02. The standard InChI is InChI=1S/C19H24BOP/c1-14(2)18(21)16-10-8-15(9-11-16)13-17-7-5-3-4-6-12-19(17,20)22/h8-11,14,17H,3-5,7,13,22H2,1-2H3. The monoisotopic (exact) mass is 310 g/mol. The molecule has 1 aliphatic carbocycles. The van der Waals surface area contributed by atoms with Crippen molar-refractivity contribution in [2.75, 3.05) is 0 Å². The third-order valence-electron chi connectivity index (χ3n) is 4.33. The Morgan fingerprint density at radius 1 is 1.36 bits per heavy atom. The molecule has 0 aromatic heterocycles. The Morgan fingerprint density at radius 2 is 2.05 bits per heavy atom. The summed E-state index contributed by atoms with van der Waals surface area (Å²) in [6, 6.07) is 7.99. The Balaban J connectivity index is 2.11. The van der Waals surface area contributed by atoms with E-state index in [9.17, 15) is 4.79 Å². The zero-order chi connectivity index (χ0) is 16.2. The number of carbonyl (C=O) groups excluding carboxylic acids is 1. The third kappa shape index (κ3) is 4.47. The molecule has 3 unspecified atom stereocenters. The second kappa shape index (κ2) is 7.48. The van der Waals surface area contributed by atoms with Gasteiger partial charge in [0, 0.05) is 23.0 Å². The maximum absolute atomic E-state index is 12.0. The van der Waals surface area contributed by atoms with Crippen molar-refractivity contribution in [3.05, 3.63) is 35.4 Å². The average molecular weight is 310 g/mol. The van der Waals surface area contributed by atoms with Gasteiger partial charge in [0.05, 0.1) is 7.85 Å². The van der Waals surface area contributed by atoms with E-state index in [1.54, 1.807) is 0 Å². The van der Waals surface area contributed by atoms with Crippen LogP contribution in [0.4, 0.5) is 0 Å². The lowest BCUT2D eigenvalue weighted by molar-refractivity contribution is 0.0939. The van der Waals surface area contributed by atoms with Crippen LogP contribution in [0.25, 0.3) is 0 Å². The molecule has 0 heterocycles. The minimum atomic E-state index is -0.507. The van der Waals surface area contributed by atoms with Crippen LogP contribution in [0.15, 0.2) is 24.3 Å². The molecule has 22 heavy (non-hydrogen) atoms. The first-order valence-corrected chi connectivity index (χ1v) is 8.69. The number of benzene rings is 1. The van der Waals surface area contributed by atoms with Crippen molar-refractivity contribution in [3.63, 3.8) is 0 Å². The third-order valence-corrected chi connectivity index (χ3v) is 4.95. The summed E-state index contributed by atoms with van der Waals surface area (Å²) < 4.78 is 0. The zero-order valence-corrected chi connectivity index (χ0v) is 14.7. The molecule has 0 spiro atoms. The quantitative estimate of drug-likeness (QED) is 0.355. The highest BCUT2D eigenvalue weighted by Crippen LogP contribution is 2.33. The van der Waals surface area contributed by atoms with Crippen LogP contribution in [-0.2, 0) is 6.42 Å². The molecule has 114 valence electrons. The van der Waals surface area contributed by atoms with E-state index in [0.29, 0.717) is 5.92 Å². The topological polar surface area (TPSA) is 17.1 Å². The van der Waals surface area contributed by atoms with Crippen molar-refractivity contribution >= 4 is 22.9 Å². The number of carbonyl (C=O) groups is 1. The first-order chi connectivity index (χ1) is 10.4. The summed E-state index contributed by atoms with van der Waals surface area (Å²) >= 11 is 0. The Labute approximate surface area is 138 Å². The minimum absolute atomic E-state index is 0.0375. The van der Waals surface area contributed by atoms with Crippen LogP contribution in [0.3, 0.4) is 0 Å². The maximum Gasteiger partial charge on any atom is 0.165 e. The zero-order valence-electron chi connectivity index (χ0n) is 13.6. The molecule has 1 nitrogen and oxygen atoms in total. The molecule has 0 amide bonds. The summed E-state index contributed by atoms with van der Waals surface area (Å²) in [6.45, 7) is 3.86. The molecule has 0 aliphatic heterocycles. The molecule has 0 saturated heterocycles. The predicted molar refractivity (Wildman–Crippen MR) is 97.2 cm³/mol. The van der Waals surface area contributed by atoms with Gasteiger partial charge in [-0.25, -0.2) is 0 Å². The average Bonchev–Trinajstić information content (AvgIpc) is 2.47. The van der Waals surface area contributed by atoms with Gasteiger partial charge in [-0.3, -0.25) is 4.79 Å². The Morgan fingerprint density at radius 3 is 2.68 bits per heavy atom. The van der Waals surface area contributed by atoms with Crippen molar-refractivity contribution in [3.8, 4) is 11.8 Å². The highest BCUT2D eigenvalue weighted by Gasteiger charge is 2.27. The number of hydrogen-bond acceptors (Lipinski definition) is 1. The molecule has 1 aromatic carbocycles. The van der Waals surface area contributed by atoms with E-state index < -0.39 is 5.06 Å². The summed E-state index contributed by atoms with van der Waals surface area (Å²) in [5, 5.41) is -0.507. The van der Waals surface area contributed by atoms with Gasteiger partial charge >= 0.3 is 0 Å². The lowest BCUT2D eigenvalue weighted by Crippen LogP contribution is -2.32. The molecular weight excluding hydrogens is 286 g/mol. The van der Waals surface area contributed by atoms with E-state index in [0.717, 1.165) is 31.2 Å². The Bertz CT molecular complexity index is 578. The van der Waals surface area contributed by atoms with Crippen LogP contribution in [-0.4, -0.2) is 18.7 Å². The maximum atomic E-state index is 12.0. The first-order valence-electron chi connectivity index (χ1n) is 8.11. The Kier molecular flexibility index (Phi) is 5.88. The molecule has 0 N–H and O–H groups in total. The fourth-order valence-electron chi connectivity index (χ4n) is 2.85. The molecule has 1 aromatic rings. The van der Waals surface area contributed by atoms with Crippen molar-refractivity contribution in [2.45, 2.75) is 51.0 Å². The summed E-state index contributed by atoms with van der Waals surface area (Å²) in [4.78, 5) is 12.0. The molecule has 2 rings (SSSR count). The van der Waals surface area contributed by atoms with Gasteiger partial charge in [-0.05, 0) is 30.7 Å². The van der Waals surface area contributed by atoms with Gasteiger partial charge < -0.3 is 0 Å². The van der Waals surface area contributed by atoms with E-state index in [1.165, 1.54) is 12.0 Å². The fourth-order valence-corrected chi connectivity index (χ4v) is 3.24. The number of rotatable bonds is 4. The van der Waals surface area contributed by atoms with Gasteiger partial charge in [0.2, 0.25) is 0 Å². The van der Waals surface area contributed by atoms with E-state index >= 15 is 0 Å². The second-order valence-corrected chi connectivity index (χ2v) is 7.55. The molecule has 2 radical (unpaired) electrons. The van der Waals surface area contributed by atoms with Gasteiger partial charge in [0.1, 0.15) is 0 Å². The number of ketones is 1. The second-order valence-electron chi connectivity index (χ2n) is 6.60. The molecule has 0 bridgehead atoms. The van der Waals surface area contributed by atoms with Gasteiger partial charge in [-0.2, -0.15) is 0 Å². The van der Waals surface area contributed by atoms with Crippen LogP contribution < -0.4 is 0 Å². The minimum Gasteiger partial charge on any atom is -0.294 e. The van der Waals surface area contributed by atoms with Crippen molar-refractivity contribution in [2.24, 2.45) is 11.8 Å². The summed E-state index contributed by atoms with van der Waals surface area (Å²) in [5.74, 6) is 6.97. The highest BCUT2D eigenvalue weighted by molar-refractivity contribution is 7.23. The fraction of sp³-hybridized carbons (Fsp3) is 0.526. The lowest BCUT2D eigenvalue weighted by atomic mass is 9.70. The molecular formula is C19H24BOP. The number of Topliss-reactive ketones (excluding diaryl/α,β-unsaturated/α-hetero) is 1. The smallest absolute Gasteiger partial charge is 0.165 e.